The third-order valence-corrected chi connectivity index (χ3v) is 10.4. The molecule has 0 spiro atoms. The molecule has 1 saturated heterocycles. The van der Waals surface area contributed by atoms with Crippen molar-refractivity contribution in [1.82, 2.24) is 15.2 Å². The summed E-state index contributed by atoms with van der Waals surface area (Å²) in [5.74, 6) is 2.88. The van der Waals surface area contributed by atoms with E-state index in [1.807, 2.05) is 34.2 Å². The number of urea groups is 1. The lowest BCUT2D eigenvalue weighted by molar-refractivity contribution is -0.136. The number of nitrogens with zero attached hydrogens (tertiary/aromatic N) is 5. The number of carbonyl (C=O) groups excluding carboxylic acids is 2. The van der Waals surface area contributed by atoms with Crippen LogP contribution < -0.4 is 20.0 Å². The Bertz CT molecular complexity index is 1310. The zero-order valence-electron chi connectivity index (χ0n) is 24.9. The van der Waals surface area contributed by atoms with Crippen molar-refractivity contribution in [2.75, 3.05) is 54.0 Å². The van der Waals surface area contributed by atoms with Gasteiger partial charge in [0.05, 0.1) is 28.9 Å². The van der Waals surface area contributed by atoms with Crippen molar-refractivity contribution in [1.29, 1.82) is 0 Å². The van der Waals surface area contributed by atoms with Crippen LogP contribution in [0.15, 0.2) is 42.6 Å². The summed E-state index contributed by atoms with van der Waals surface area (Å²) in [5, 5.41) is 14.4. The molecule has 4 saturated carbocycles. The van der Waals surface area contributed by atoms with Crippen LogP contribution in [0.1, 0.15) is 52.4 Å². The number of aliphatic hydroxyl groups is 1. The second-order valence-electron chi connectivity index (χ2n) is 13.8. The van der Waals surface area contributed by atoms with E-state index in [1.165, 1.54) is 0 Å². The number of fused-ring (bicyclic) bond motifs is 1. The van der Waals surface area contributed by atoms with E-state index in [-0.39, 0.29) is 18.0 Å². The summed E-state index contributed by atoms with van der Waals surface area (Å²) in [6, 6.07) is 12.4. The summed E-state index contributed by atoms with van der Waals surface area (Å²) in [7, 11) is 0. The fraction of sp³-hybridized carbons (Fsp3) is 0.606. The van der Waals surface area contributed by atoms with Gasteiger partial charge in [0.25, 0.3) is 0 Å². The molecule has 2 atom stereocenters. The van der Waals surface area contributed by atoms with E-state index in [9.17, 15) is 14.7 Å². The largest absolute Gasteiger partial charge is 0.390 e. The third kappa shape index (κ3) is 5.10. The third-order valence-electron chi connectivity index (χ3n) is 10.4. The van der Waals surface area contributed by atoms with Gasteiger partial charge in [0, 0.05) is 51.7 Å². The first-order chi connectivity index (χ1) is 20.3. The maximum Gasteiger partial charge on any atom is 0.322 e. The van der Waals surface area contributed by atoms with Crippen molar-refractivity contribution in [2.45, 2.75) is 64.0 Å². The van der Waals surface area contributed by atoms with Crippen molar-refractivity contribution < 1.29 is 14.7 Å². The zero-order chi connectivity index (χ0) is 29.0. The molecule has 42 heavy (non-hydrogen) atoms. The average molecular weight is 573 g/mol. The topological polar surface area (TPSA) is 92.3 Å². The predicted molar refractivity (Wildman–Crippen MR) is 164 cm³/mol. The van der Waals surface area contributed by atoms with Gasteiger partial charge in [-0.05, 0) is 80.0 Å². The number of piperazine rings is 1. The molecule has 6 aliphatic rings. The van der Waals surface area contributed by atoms with Gasteiger partial charge in [0.2, 0.25) is 5.91 Å². The van der Waals surface area contributed by atoms with Crippen molar-refractivity contribution in [2.24, 2.45) is 23.7 Å². The number of nitrogens with one attached hydrogen (secondary N) is 1. The molecule has 9 nitrogen and oxygen atoms in total. The molecule has 9 heteroatoms. The monoisotopic (exact) mass is 572 g/mol. The van der Waals surface area contributed by atoms with Crippen molar-refractivity contribution >= 4 is 34.8 Å². The molecule has 4 bridgehead atoms. The highest BCUT2D eigenvalue weighted by atomic mass is 16.3. The summed E-state index contributed by atoms with van der Waals surface area (Å²) in [6.45, 7) is 8.52. The first-order valence-electron chi connectivity index (χ1n) is 15.9. The summed E-state index contributed by atoms with van der Waals surface area (Å²) >= 11 is 0. The minimum absolute atomic E-state index is 0.0270. The molecule has 1 aromatic carbocycles. The molecule has 1 aromatic heterocycles. The Labute approximate surface area is 248 Å². The van der Waals surface area contributed by atoms with Gasteiger partial charge in [-0.3, -0.25) is 9.69 Å². The van der Waals surface area contributed by atoms with E-state index in [0.717, 1.165) is 81.2 Å². The molecule has 3 heterocycles. The molecular formula is C33H44N6O3. The number of hydrogen-bond donors (Lipinski definition) is 2. The number of carbonyl (C=O) groups is 2. The summed E-state index contributed by atoms with van der Waals surface area (Å²) < 4.78 is 0. The Balaban J connectivity index is 1.01. The lowest BCUT2D eigenvalue weighted by Gasteiger charge is -2.58. The molecular weight excluding hydrogens is 528 g/mol. The Kier molecular flexibility index (Phi) is 7.03. The lowest BCUT2D eigenvalue weighted by Crippen LogP contribution is -2.63. The van der Waals surface area contributed by atoms with Gasteiger partial charge in [-0.1, -0.05) is 26.0 Å². The maximum atomic E-state index is 13.7. The Hall–Kier alpha value is -3.33. The maximum absolute atomic E-state index is 13.7. The van der Waals surface area contributed by atoms with Gasteiger partial charge in [-0.2, -0.15) is 0 Å². The van der Waals surface area contributed by atoms with E-state index in [1.54, 1.807) is 0 Å². The zero-order valence-corrected chi connectivity index (χ0v) is 24.9. The molecule has 5 fully saturated rings. The van der Waals surface area contributed by atoms with Gasteiger partial charge < -0.3 is 25.1 Å². The van der Waals surface area contributed by atoms with Gasteiger partial charge in [0.15, 0.2) is 0 Å². The Morgan fingerprint density at radius 1 is 0.952 bits per heavy atom. The molecule has 224 valence electrons. The number of anilines is 4. The Morgan fingerprint density at radius 3 is 2.31 bits per heavy atom. The van der Waals surface area contributed by atoms with Crippen LogP contribution in [0.2, 0.25) is 0 Å². The molecule has 2 aromatic rings. The molecule has 8 rings (SSSR count). The fourth-order valence-electron chi connectivity index (χ4n) is 8.67. The summed E-state index contributed by atoms with van der Waals surface area (Å²) in [4.78, 5) is 39.4. The van der Waals surface area contributed by atoms with Crippen LogP contribution in [0.3, 0.4) is 0 Å². The summed E-state index contributed by atoms with van der Waals surface area (Å²) in [6.07, 6.45) is 7.39. The van der Waals surface area contributed by atoms with E-state index in [4.69, 9.17) is 4.98 Å². The second-order valence-corrected chi connectivity index (χ2v) is 13.8. The first-order valence-corrected chi connectivity index (χ1v) is 15.9. The van der Waals surface area contributed by atoms with Gasteiger partial charge in [0.1, 0.15) is 5.82 Å². The average Bonchev–Trinajstić information content (AvgIpc) is 2.97. The lowest BCUT2D eigenvalue weighted by atomic mass is 9.52. The van der Waals surface area contributed by atoms with Crippen LogP contribution in [-0.2, 0) is 4.79 Å². The Morgan fingerprint density at radius 2 is 1.67 bits per heavy atom. The van der Waals surface area contributed by atoms with Gasteiger partial charge in [-0.15, -0.1) is 0 Å². The second kappa shape index (κ2) is 10.7. The van der Waals surface area contributed by atoms with Crippen molar-refractivity contribution in [3.8, 4) is 0 Å². The van der Waals surface area contributed by atoms with Crippen molar-refractivity contribution in [3.63, 3.8) is 0 Å². The number of benzene rings is 1. The number of rotatable bonds is 5. The highest BCUT2D eigenvalue weighted by Crippen LogP contribution is 2.55. The van der Waals surface area contributed by atoms with Gasteiger partial charge in [-0.25, -0.2) is 9.78 Å². The SMILES string of the molecule is CC(C)CC(=O)N1CCN(c2ccc(N3CCN(C(=O)NC4C5CC6CC4CC(O)(C6)C5)c4ccccc43)nc2)CC1. The van der Waals surface area contributed by atoms with Crippen LogP contribution in [0.4, 0.5) is 27.7 Å². The minimum Gasteiger partial charge on any atom is -0.390 e. The normalized spacial score (nSPS) is 30.1. The smallest absolute Gasteiger partial charge is 0.322 e. The molecule has 3 amide bonds. The van der Waals surface area contributed by atoms with Crippen LogP contribution >= 0.6 is 0 Å². The molecule has 2 aliphatic heterocycles. The minimum atomic E-state index is -0.501. The fourth-order valence-corrected chi connectivity index (χ4v) is 8.67. The quantitative estimate of drug-likeness (QED) is 0.553. The molecule has 4 aliphatic carbocycles. The van der Waals surface area contributed by atoms with Crippen LogP contribution in [0.5, 0.6) is 0 Å². The number of amides is 3. The number of para-hydroxylation sites is 2. The standard InChI is InChI=1S/C33H44N6O3/c1-22(2)15-30(40)37-11-9-36(10-12-37)26-7-8-29(34-21-26)38-13-14-39(28-6-4-3-5-27(28)38)32(41)35-31-24-16-23-17-25(31)20-33(42,18-23)19-24/h3-8,21-25,31,42H,9-20H2,1-2H3,(H,35,41). The van der Waals surface area contributed by atoms with Crippen molar-refractivity contribution in [3.05, 3.63) is 42.6 Å². The van der Waals surface area contributed by atoms with Crippen LogP contribution in [-0.4, -0.2) is 77.8 Å². The molecule has 2 unspecified atom stereocenters. The van der Waals surface area contributed by atoms with E-state index in [0.29, 0.717) is 43.2 Å². The summed E-state index contributed by atoms with van der Waals surface area (Å²) in [5.41, 5.74) is 2.45. The highest BCUT2D eigenvalue weighted by molar-refractivity contribution is 5.98. The van der Waals surface area contributed by atoms with E-state index < -0.39 is 5.60 Å². The van der Waals surface area contributed by atoms with Crippen LogP contribution in [0, 0.1) is 23.7 Å². The van der Waals surface area contributed by atoms with Gasteiger partial charge >= 0.3 is 6.03 Å². The number of pyridine rings is 1. The van der Waals surface area contributed by atoms with E-state index >= 15 is 0 Å². The molecule has 2 N–H and O–H groups in total. The molecule has 0 radical (unpaired) electrons. The number of hydrogen-bond acceptors (Lipinski definition) is 6. The predicted octanol–water partition coefficient (Wildman–Crippen LogP) is 4.38. The number of aromatic nitrogens is 1. The highest BCUT2D eigenvalue weighted by Gasteiger charge is 2.55. The first kappa shape index (κ1) is 27.5. The van der Waals surface area contributed by atoms with Crippen LogP contribution in [0.25, 0.3) is 0 Å². The van der Waals surface area contributed by atoms with E-state index in [2.05, 4.69) is 47.2 Å².